The molecule has 0 spiro atoms. The van der Waals surface area contributed by atoms with Gasteiger partial charge in [-0.2, -0.15) is 5.10 Å². The fourth-order valence-corrected chi connectivity index (χ4v) is 4.90. The summed E-state index contributed by atoms with van der Waals surface area (Å²) in [4.78, 5) is 36.5. The van der Waals surface area contributed by atoms with Crippen molar-refractivity contribution in [2.45, 2.75) is 53.9 Å². The van der Waals surface area contributed by atoms with Gasteiger partial charge in [0, 0.05) is 16.7 Å². The largest absolute Gasteiger partial charge is 0.490 e. The zero-order valence-corrected chi connectivity index (χ0v) is 20.7. The molecule has 2 bridgehead atoms. The minimum Gasteiger partial charge on any atom is -0.490 e. The van der Waals surface area contributed by atoms with Gasteiger partial charge in [0.05, 0.1) is 13.2 Å². The molecule has 0 radical (unpaired) electrons. The number of hydrogen-bond acceptors (Lipinski definition) is 7. The molecule has 2 saturated carbocycles. The Morgan fingerprint density at radius 3 is 2.41 bits per heavy atom. The molecule has 34 heavy (non-hydrogen) atoms. The fraction of sp³-hybridized carbons (Fsp3) is 0.600. The summed E-state index contributed by atoms with van der Waals surface area (Å²) in [6.07, 6.45) is 3.13. The second kappa shape index (κ2) is 10.4. The quantitative estimate of drug-likeness (QED) is 0.399. The van der Waals surface area contributed by atoms with Gasteiger partial charge in [0.1, 0.15) is 6.54 Å². The van der Waals surface area contributed by atoms with E-state index in [2.05, 4.69) is 36.6 Å². The number of ether oxygens (including phenoxy) is 3. The lowest BCUT2D eigenvalue weighted by Crippen LogP contribution is -2.35. The number of nitrogens with zero attached hydrogens (tertiary/aromatic N) is 1. The number of carbonyl (C=O) groups is 3. The first kappa shape index (κ1) is 25.5. The Bertz CT molecular complexity index is 973. The van der Waals surface area contributed by atoms with E-state index in [1.54, 1.807) is 18.2 Å². The number of benzene rings is 1. The molecule has 1 aromatic carbocycles. The first-order valence-corrected chi connectivity index (χ1v) is 11.8. The van der Waals surface area contributed by atoms with Crippen LogP contribution in [0.2, 0.25) is 0 Å². The zero-order valence-electron chi connectivity index (χ0n) is 20.7. The van der Waals surface area contributed by atoms with Gasteiger partial charge < -0.3 is 19.5 Å². The van der Waals surface area contributed by atoms with Crippen molar-refractivity contribution in [3.8, 4) is 11.5 Å². The van der Waals surface area contributed by atoms with Crippen LogP contribution in [0, 0.1) is 16.7 Å². The van der Waals surface area contributed by atoms with Gasteiger partial charge in [-0.3, -0.25) is 14.4 Å². The van der Waals surface area contributed by atoms with E-state index in [0.29, 0.717) is 36.2 Å². The number of hydrazone groups is 1. The van der Waals surface area contributed by atoms with Crippen LogP contribution in [0.3, 0.4) is 0 Å². The summed E-state index contributed by atoms with van der Waals surface area (Å²) in [6, 6.07) is 4.78. The molecule has 9 nitrogen and oxygen atoms in total. The van der Waals surface area contributed by atoms with Gasteiger partial charge in [-0.15, -0.1) is 0 Å². The van der Waals surface area contributed by atoms with E-state index in [1.807, 2.05) is 13.8 Å². The average Bonchev–Trinajstić information content (AvgIpc) is 3.14. The SMILES string of the molecule is CCOc1ccc(C(=O)NCC(=O)OCC(=O)N/N=C2\CC3CCC2(C)C3(C)C)cc1OCC. The maximum Gasteiger partial charge on any atom is 0.325 e. The molecule has 0 aromatic heterocycles. The van der Waals surface area contributed by atoms with Crippen molar-refractivity contribution < 1.29 is 28.6 Å². The summed E-state index contributed by atoms with van der Waals surface area (Å²) in [5.41, 5.74) is 3.97. The molecule has 2 aliphatic carbocycles. The number of esters is 1. The Balaban J connectivity index is 1.44. The van der Waals surface area contributed by atoms with Crippen LogP contribution in [0.5, 0.6) is 11.5 Å². The molecule has 1 aromatic rings. The van der Waals surface area contributed by atoms with Gasteiger partial charge >= 0.3 is 5.97 Å². The molecule has 2 N–H and O–H groups in total. The van der Waals surface area contributed by atoms with E-state index in [1.165, 1.54) is 6.42 Å². The van der Waals surface area contributed by atoms with E-state index < -0.39 is 24.4 Å². The number of carbonyl (C=O) groups excluding carboxylic acids is 3. The Kier molecular flexibility index (Phi) is 7.84. The Labute approximate surface area is 200 Å². The third-order valence-electron chi connectivity index (χ3n) is 7.39. The summed E-state index contributed by atoms with van der Waals surface area (Å²) < 4.78 is 16.0. The molecule has 3 rings (SSSR count). The normalized spacial score (nSPS) is 23.4. The van der Waals surface area contributed by atoms with Crippen LogP contribution in [-0.4, -0.2) is 49.9 Å². The standard InChI is InChI=1S/C25H35N3O6/c1-6-32-18-9-8-16(12-19(18)33-7-2)23(31)26-14-22(30)34-15-21(29)28-27-20-13-17-10-11-25(20,5)24(17,3)4/h8-9,12,17H,6-7,10-11,13-15H2,1-5H3,(H,26,31)(H,28,29)/b27-20+. The van der Waals surface area contributed by atoms with Crippen LogP contribution in [0.1, 0.15) is 64.2 Å². The molecule has 2 atom stereocenters. The van der Waals surface area contributed by atoms with Gasteiger partial charge in [-0.1, -0.05) is 20.8 Å². The fourth-order valence-electron chi connectivity index (χ4n) is 4.90. The summed E-state index contributed by atoms with van der Waals surface area (Å²) in [7, 11) is 0. The molecular weight excluding hydrogens is 438 g/mol. The molecule has 2 amide bonds. The van der Waals surface area contributed by atoms with Crippen molar-refractivity contribution in [2.24, 2.45) is 21.8 Å². The highest BCUT2D eigenvalue weighted by molar-refractivity contribution is 5.97. The van der Waals surface area contributed by atoms with Crippen molar-refractivity contribution in [3.05, 3.63) is 23.8 Å². The maximum atomic E-state index is 12.4. The minimum absolute atomic E-state index is 0.0190. The van der Waals surface area contributed by atoms with E-state index in [0.717, 1.165) is 18.6 Å². The third-order valence-corrected chi connectivity index (χ3v) is 7.39. The van der Waals surface area contributed by atoms with Gasteiger partial charge in [0.2, 0.25) is 0 Å². The zero-order chi connectivity index (χ0) is 24.9. The molecule has 2 fully saturated rings. The van der Waals surface area contributed by atoms with E-state index in [-0.39, 0.29) is 17.4 Å². The summed E-state index contributed by atoms with van der Waals surface area (Å²) >= 11 is 0. The van der Waals surface area contributed by atoms with Crippen molar-refractivity contribution in [1.82, 2.24) is 10.7 Å². The summed E-state index contributed by atoms with van der Waals surface area (Å²) in [6.45, 7) is 10.5. The summed E-state index contributed by atoms with van der Waals surface area (Å²) in [5.74, 6) is -0.133. The first-order valence-electron chi connectivity index (χ1n) is 11.8. The van der Waals surface area contributed by atoms with E-state index in [4.69, 9.17) is 14.2 Å². The van der Waals surface area contributed by atoms with Crippen LogP contribution in [0.25, 0.3) is 0 Å². The predicted octanol–water partition coefficient (Wildman–Crippen LogP) is 3.08. The van der Waals surface area contributed by atoms with E-state index in [9.17, 15) is 14.4 Å². The minimum atomic E-state index is -0.722. The van der Waals surface area contributed by atoms with Gasteiger partial charge in [0.15, 0.2) is 18.1 Å². The monoisotopic (exact) mass is 473 g/mol. The summed E-state index contributed by atoms with van der Waals surface area (Å²) in [5, 5.41) is 6.83. The lowest BCUT2D eigenvalue weighted by atomic mass is 9.70. The number of rotatable bonds is 10. The highest BCUT2D eigenvalue weighted by Crippen LogP contribution is 2.63. The van der Waals surface area contributed by atoms with Crippen LogP contribution in [0.4, 0.5) is 0 Å². The Morgan fingerprint density at radius 1 is 1.09 bits per heavy atom. The average molecular weight is 474 g/mol. The maximum absolute atomic E-state index is 12.4. The van der Waals surface area contributed by atoms with Crippen LogP contribution in [0.15, 0.2) is 23.3 Å². The van der Waals surface area contributed by atoms with Gasteiger partial charge in [0.25, 0.3) is 11.8 Å². The van der Waals surface area contributed by atoms with Crippen molar-refractivity contribution in [2.75, 3.05) is 26.4 Å². The first-order chi connectivity index (χ1) is 16.1. The lowest BCUT2D eigenvalue weighted by molar-refractivity contribution is -0.147. The molecular formula is C25H35N3O6. The molecule has 186 valence electrons. The third kappa shape index (κ3) is 5.18. The number of nitrogens with one attached hydrogen (secondary N) is 2. The van der Waals surface area contributed by atoms with Gasteiger partial charge in [-0.05, 0) is 62.6 Å². The molecule has 2 aliphatic rings. The Morgan fingerprint density at radius 2 is 1.79 bits per heavy atom. The van der Waals surface area contributed by atoms with Crippen LogP contribution >= 0.6 is 0 Å². The van der Waals surface area contributed by atoms with Crippen molar-refractivity contribution in [1.29, 1.82) is 0 Å². The van der Waals surface area contributed by atoms with Gasteiger partial charge in [-0.25, -0.2) is 5.43 Å². The van der Waals surface area contributed by atoms with Crippen LogP contribution in [-0.2, 0) is 14.3 Å². The highest BCUT2D eigenvalue weighted by Gasteiger charge is 2.60. The van der Waals surface area contributed by atoms with Crippen LogP contribution < -0.4 is 20.2 Å². The molecule has 9 heteroatoms. The van der Waals surface area contributed by atoms with Crippen molar-refractivity contribution in [3.63, 3.8) is 0 Å². The number of amides is 2. The predicted molar refractivity (Wildman–Crippen MR) is 127 cm³/mol. The highest BCUT2D eigenvalue weighted by atomic mass is 16.5. The van der Waals surface area contributed by atoms with E-state index >= 15 is 0 Å². The number of fused-ring (bicyclic) bond motifs is 2. The molecule has 2 unspecified atom stereocenters. The topological polar surface area (TPSA) is 115 Å². The molecule has 0 heterocycles. The second-order valence-corrected chi connectivity index (χ2v) is 9.46. The lowest BCUT2D eigenvalue weighted by Gasteiger charge is -2.34. The Hall–Kier alpha value is -3.10. The number of hydrogen-bond donors (Lipinski definition) is 2. The smallest absolute Gasteiger partial charge is 0.325 e. The second-order valence-electron chi connectivity index (χ2n) is 9.46. The molecule has 0 saturated heterocycles. The van der Waals surface area contributed by atoms with Crippen molar-refractivity contribution >= 4 is 23.5 Å². The molecule has 0 aliphatic heterocycles.